The maximum Gasteiger partial charge on any atom is 0.417 e. The van der Waals surface area contributed by atoms with Gasteiger partial charge in [-0.3, -0.25) is 9.69 Å². The van der Waals surface area contributed by atoms with Crippen molar-refractivity contribution >= 4 is 19.3 Å². The van der Waals surface area contributed by atoms with Gasteiger partial charge in [-0.15, -0.1) is 0 Å². The zero-order valence-corrected chi connectivity index (χ0v) is 18.6. The second kappa shape index (κ2) is 9.75. The molecule has 2 radical (unpaired) electrons. The molecular weight excluding hydrogens is 458 g/mol. The van der Waals surface area contributed by atoms with Crippen LogP contribution in [0.15, 0.2) is 71.3 Å². The normalized spacial score (nSPS) is 11.7. The van der Waals surface area contributed by atoms with Gasteiger partial charge >= 0.3 is 12.1 Å². The van der Waals surface area contributed by atoms with Gasteiger partial charge in [-0.25, -0.2) is 0 Å². The number of alkyl halides is 3. The van der Waals surface area contributed by atoms with Gasteiger partial charge in [0, 0.05) is 17.7 Å². The van der Waals surface area contributed by atoms with Crippen LogP contribution in [0.4, 0.5) is 13.2 Å². The summed E-state index contributed by atoms with van der Waals surface area (Å²) in [5, 5.41) is 12.9. The van der Waals surface area contributed by atoms with Crippen molar-refractivity contribution in [3.05, 3.63) is 77.9 Å². The Kier molecular flexibility index (Phi) is 6.75. The molecule has 1 aromatic heterocycles. The first kappa shape index (κ1) is 24.2. The molecular formula is C25H19BF3N3O3. The molecule has 1 N–H and O–H groups in total. The van der Waals surface area contributed by atoms with Gasteiger partial charge in [0.15, 0.2) is 0 Å². The molecule has 3 aromatic carbocycles. The maximum atomic E-state index is 13.4. The van der Waals surface area contributed by atoms with Gasteiger partial charge in [-0.1, -0.05) is 59.2 Å². The number of halogens is 3. The molecule has 0 unspecified atom stereocenters. The number of nitrogens with zero attached hydrogens (tertiary/aromatic N) is 3. The van der Waals surface area contributed by atoms with E-state index in [0.29, 0.717) is 23.5 Å². The largest absolute Gasteiger partial charge is 0.480 e. The third-order valence-corrected chi connectivity index (χ3v) is 5.29. The Balaban J connectivity index is 1.59. The van der Waals surface area contributed by atoms with Crippen molar-refractivity contribution in [2.75, 3.05) is 13.6 Å². The average molecular weight is 477 g/mol. The van der Waals surface area contributed by atoms with E-state index < -0.39 is 17.7 Å². The van der Waals surface area contributed by atoms with Crippen LogP contribution in [0, 0.1) is 0 Å². The summed E-state index contributed by atoms with van der Waals surface area (Å²) in [4.78, 5) is 16.9. The minimum absolute atomic E-state index is 0.0139. The molecule has 4 aromatic rings. The first-order valence-electron chi connectivity index (χ1n) is 10.5. The molecule has 1 heterocycles. The van der Waals surface area contributed by atoms with Gasteiger partial charge in [0.05, 0.1) is 12.1 Å². The lowest BCUT2D eigenvalue weighted by molar-refractivity contribution is -0.138. The highest BCUT2D eigenvalue weighted by atomic mass is 19.4. The highest BCUT2D eigenvalue weighted by molar-refractivity contribution is 6.36. The van der Waals surface area contributed by atoms with E-state index >= 15 is 0 Å². The van der Waals surface area contributed by atoms with Gasteiger partial charge in [0.1, 0.15) is 7.85 Å². The van der Waals surface area contributed by atoms with Crippen LogP contribution in [-0.4, -0.2) is 47.6 Å². The number of carboxylic acid groups (broad SMARTS) is 1. The van der Waals surface area contributed by atoms with Gasteiger partial charge in [0.25, 0.3) is 5.89 Å². The molecule has 10 heteroatoms. The van der Waals surface area contributed by atoms with E-state index in [0.717, 1.165) is 11.6 Å². The molecule has 35 heavy (non-hydrogen) atoms. The van der Waals surface area contributed by atoms with Crippen molar-refractivity contribution in [2.45, 2.75) is 12.7 Å². The van der Waals surface area contributed by atoms with Crippen LogP contribution < -0.4 is 5.46 Å². The van der Waals surface area contributed by atoms with Crippen molar-refractivity contribution in [3.8, 4) is 34.0 Å². The summed E-state index contributed by atoms with van der Waals surface area (Å²) in [6.45, 7) is 0.323. The fourth-order valence-electron chi connectivity index (χ4n) is 3.77. The second-order valence-electron chi connectivity index (χ2n) is 8.03. The minimum Gasteiger partial charge on any atom is -0.480 e. The predicted molar refractivity (Wildman–Crippen MR) is 125 cm³/mol. The lowest BCUT2D eigenvalue weighted by atomic mass is 9.84. The molecule has 0 amide bonds. The van der Waals surface area contributed by atoms with Crippen LogP contribution in [-0.2, 0) is 17.5 Å². The summed E-state index contributed by atoms with van der Waals surface area (Å²) in [7, 11) is 7.82. The maximum absolute atomic E-state index is 13.4. The van der Waals surface area contributed by atoms with E-state index in [1.807, 2.05) is 12.1 Å². The van der Waals surface area contributed by atoms with Crippen molar-refractivity contribution in [3.63, 3.8) is 0 Å². The molecule has 0 saturated heterocycles. The number of hydrogen-bond donors (Lipinski definition) is 1. The number of likely N-dealkylation sites (N-methyl/N-ethyl adjacent to an activating group) is 1. The van der Waals surface area contributed by atoms with Crippen LogP contribution in [0.1, 0.15) is 11.1 Å². The van der Waals surface area contributed by atoms with Crippen molar-refractivity contribution < 1.29 is 27.6 Å². The zero-order valence-electron chi connectivity index (χ0n) is 18.6. The lowest BCUT2D eigenvalue weighted by Crippen LogP contribution is -2.25. The number of aromatic nitrogens is 2. The van der Waals surface area contributed by atoms with E-state index in [1.54, 1.807) is 30.1 Å². The molecule has 0 aliphatic rings. The van der Waals surface area contributed by atoms with Crippen LogP contribution in [0.2, 0.25) is 0 Å². The van der Waals surface area contributed by atoms with Crippen LogP contribution in [0.3, 0.4) is 0 Å². The van der Waals surface area contributed by atoms with E-state index in [-0.39, 0.29) is 29.0 Å². The highest BCUT2D eigenvalue weighted by Gasteiger charge is 2.33. The molecule has 176 valence electrons. The summed E-state index contributed by atoms with van der Waals surface area (Å²) >= 11 is 0. The summed E-state index contributed by atoms with van der Waals surface area (Å²) in [6, 6.07) is 17.1. The Hall–Kier alpha value is -3.92. The summed E-state index contributed by atoms with van der Waals surface area (Å²) in [5.74, 6) is -0.442. The van der Waals surface area contributed by atoms with Crippen molar-refractivity contribution in [1.29, 1.82) is 0 Å². The smallest absolute Gasteiger partial charge is 0.417 e. The van der Waals surface area contributed by atoms with Crippen LogP contribution in [0.25, 0.3) is 34.0 Å². The number of hydrogen-bond acceptors (Lipinski definition) is 5. The molecule has 0 fully saturated rings. The Labute approximate surface area is 200 Å². The number of rotatable bonds is 7. The first-order valence-corrected chi connectivity index (χ1v) is 10.5. The van der Waals surface area contributed by atoms with Crippen molar-refractivity contribution in [1.82, 2.24) is 15.0 Å². The molecule has 0 atom stereocenters. The van der Waals surface area contributed by atoms with Crippen LogP contribution in [0.5, 0.6) is 0 Å². The van der Waals surface area contributed by atoms with Gasteiger partial charge in [-0.05, 0) is 41.9 Å². The standard InChI is InChI=1S/C25H19BF3N3O3/c1-32(14-22(33)34)13-15-5-4-6-16(11-15)23-30-24(35-31-23)17-9-10-19(21(26)12-17)18-7-2-3-8-20(18)25(27,28)29/h2-12H,13-14H2,1H3,(H,33,34). The van der Waals surface area contributed by atoms with E-state index in [1.165, 1.54) is 30.3 Å². The monoisotopic (exact) mass is 477 g/mol. The Morgan fingerprint density at radius 3 is 2.51 bits per heavy atom. The summed E-state index contributed by atoms with van der Waals surface area (Å²) in [6.07, 6.45) is -4.51. The van der Waals surface area contributed by atoms with E-state index in [4.69, 9.17) is 17.5 Å². The average Bonchev–Trinajstić information content (AvgIpc) is 3.28. The second-order valence-corrected chi connectivity index (χ2v) is 8.03. The summed E-state index contributed by atoms with van der Waals surface area (Å²) in [5.41, 5.74) is 1.61. The highest BCUT2D eigenvalue weighted by Crippen LogP contribution is 2.36. The third-order valence-electron chi connectivity index (χ3n) is 5.29. The number of carboxylic acids is 1. The minimum atomic E-state index is -4.51. The Morgan fingerprint density at radius 2 is 1.80 bits per heavy atom. The third kappa shape index (κ3) is 5.60. The molecule has 0 aliphatic carbocycles. The van der Waals surface area contributed by atoms with Crippen LogP contribution >= 0.6 is 0 Å². The van der Waals surface area contributed by atoms with E-state index in [9.17, 15) is 18.0 Å². The molecule has 0 saturated carbocycles. The molecule has 0 bridgehead atoms. The fraction of sp³-hybridized carbons (Fsp3) is 0.160. The van der Waals surface area contributed by atoms with E-state index in [2.05, 4.69) is 10.1 Å². The summed E-state index contributed by atoms with van der Waals surface area (Å²) < 4.78 is 45.6. The van der Waals surface area contributed by atoms with Gasteiger partial charge < -0.3 is 9.63 Å². The van der Waals surface area contributed by atoms with Crippen molar-refractivity contribution in [2.24, 2.45) is 0 Å². The number of carbonyl (C=O) groups is 1. The topological polar surface area (TPSA) is 79.5 Å². The number of benzene rings is 3. The molecule has 4 rings (SSSR count). The molecule has 0 aliphatic heterocycles. The SMILES string of the molecule is [B]c1cc(-c2nc(-c3cccc(CN(C)CC(=O)O)c3)no2)ccc1-c1ccccc1C(F)(F)F. The lowest BCUT2D eigenvalue weighted by Gasteiger charge is -2.15. The quantitative estimate of drug-likeness (QED) is 0.398. The Bertz CT molecular complexity index is 1370. The predicted octanol–water partition coefficient (Wildman–Crippen LogP) is 4.40. The molecule has 6 nitrogen and oxygen atoms in total. The molecule has 0 spiro atoms. The Morgan fingerprint density at radius 1 is 1.03 bits per heavy atom. The van der Waals surface area contributed by atoms with Gasteiger partial charge in [-0.2, -0.15) is 18.2 Å². The fourth-order valence-corrected chi connectivity index (χ4v) is 3.77. The number of aliphatic carboxylic acids is 1. The van der Waals surface area contributed by atoms with Gasteiger partial charge in [0.2, 0.25) is 5.82 Å². The first-order chi connectivity index (χ1) is 16.6. The zero-order chi connectivity index (χ0) is 25.2.